The number of rotatable bonds is 5. The number of nitrogens with one attached hydrogen (secondary N) is 1. The summed E-state index contributed by atoms with van der Waals surface area (Å²) in [5.41, 5.74) is 2.69. The smallest absolute Gasteiger partial charge is 0.0443 e. The van der Waals surface area contributed by atoms with Crippen LogP contribution in [0.2, 0.25) is 0 Å². The van der Waals surface area contributed by atoms with Gasteiger partial charge in [0.15, 0.2) is 0 Å². The molecule has 2 heterocycles. The number of anilines is 1. The molecule has 1 aliphatic heterocycles. The molecule has 1 saturated heterocycles. The minimum atomic E-state index is 0.692. The van der Waals surface area contributed by atoms with Gasteiger partial charge < -0.3 is 10.2 Å². The molecule has 0 amide bonds. The van der Waals surface area contributed by atoms with Gasteiger partial charge in [-0.05, 0) is 31.1 Å². The molecule has 1 N–H and O–H groups in total. The van der Waals surface area contributed by atoms with Crippen LogP contribution in [0.25, 0.3) is 0 Å². The molecule has 2 aliphatic rings. The number of aromatic nitrogens is 1. The summed E-state index contributed by atoms with van der Waals surface area (Å²) in [6.45, 7) is 0.956. The van der Waals surface area contributed by atoms with Gasteiger partial charge in [0.05, 0.1) is 0 Å². The first kappa shape index (κ1) is 12.3. The van der Waals surface area contributed by atoms with E-state index in [1.807, 2.05) is 12.4 Å². The summed E-state index contributed by atoms with van der Waals surface area (Å²) >= 11 is 2.07. The van der Waals surface area contributed by atoms with Crippen LogP contribution in [0.5, 0.6) is 0 Å². The molecule has 2 fully saturated rings. The summed E-state index contributed by atoms with van der Waals surface area (Å²) in [5, 5.41) is 3.59. The molecule has 1 atom stereocenters. The van der Waals surface area contributed by atoms with Gasteiger partial charge in [-0.1, -0.05) is 0 Å². The van der Waals surface area contributed by atoms with Crippen molar-refractivity contribution in [1.29, 1.82) is 0 Å². The van der Waals surface area contributed by atoms with Gasteiger partial charge in [-0.15, -0.1) is 0 Å². The van der Waals surface area contributed by atoms with Crippen LogP contribution in [0.3, 0.4) is 0 Å². The van der Waals surface area contributed by atoms with E-state index >= 15 is 0 Å². The average Bonchev–Trinajstić information content (AvgIpc) is 3.08. The number of hydrogen-bond acceptors (Lipinski definition) is 4. The first-order chi connectivity index (χ1) is 8.84. The Hall–Kier alpha value is -0.740. The first-order valence-corrected chi connectivity index (χ1v) is 7.97. The van der Waals surface area contributed by atoms with Gasteiger partial charge in [0.25, 0.3) is 0 Å². The SMILES string of the molecule is CN(c1ccncc1CNC1CC1)C1CCSC1. The van der Waals surface area contributed by atoms with Crippen LogP contribution in [-0.4, -0.2) is 35.6 Å². The van der Waals surface area contributed by atoms with Crippen molar-refractivity contribution in [3.8, 4) is 0 Å². The van der Waals surface area contributed by atoms with E-state index in [9.17, 15) is 0 Å². The van der Waals surface area contributed by atoms with Crippen molar-refractivity contribution in [3.05, 3.63) is 24.0 Å². The third kappa shape index (κ3) is 2.81. The molecule has 3 nitrogen and oxygen atoms in total. The highest BCUT2D eigenvalue weighted by Gasteiger charge is 2.23. The maximum Gasteiger partial charge on any atom is 0.0443 e. The Bertz CT molecular complexity index is 400. The van der Waals surface area contributed by atoms with Gasteiger partial charge in [-0.25, -0.2) is 0 Å². The third-order valence-electron chi connectivity index (χ3n) is 3.87. The Labute approximate surface area is 113 Å². The molecule has 98 valence electrons. The quantitative estimate of drug-likeness (QED) is 0.882. The first-order valence-electron chi connectivity index (χ1n) is 6.81. The van der Waals surface area contributed by atoms with Crippen molar-refractivity contribution in [3.63, 3.8) is 0 Å². The molecule has 4 heteroatoms. The molecule has 0 bridgehead atoms. The van der Waals surface area contributed by atoms with E-state index in [0.717, 1.165) is 12.6 Å². The Morgan fingerprint density at radius 3 is 3.06 bits per heavy atom. The molecular formula is C14H21N3S. The molecule has 1 aromatic heterocycles. The van der Waals surface area contributed by atoms with E-state index in [1.54, 1.807) is 0 Å². The lowest BCUT2D eigenvalue weighted by Crippen LogP contribution is -2.32. The van der Waals surface area contributed by atoms with Crippen LogP contribution in [0, 0.1) is 0 Å². The summed E-state index contributed by atoms with van der Waals surface area (Å²) in [7, 11) is 2.23. The van der Waals surface area contributed by atoms with E-state index in [1.165, 1.54) is 42.0 Å². The van der Waals surface area contributed by atoms with E-state index in [2.05, 4.69) is 40.1 Å². The van der Waals surface area contributed by atoms with Crippen molar-refractivity contribution >= 4 is 17.4 Å². The van der Waals surface area contributed by atoms with Gasteiger partial charge in [0, 0.05) is 55.1 Å². The molecule has 1 saturated carbocycles. The van der Waals surface area contributed by atoms with Crippen LogP contribution in [0.4, 0.5) is 5.69 Å². The second-order valence-corrected chi connectivity index (χ2v) is 6.44. The predicted octanol–water partition coefficient (Wildman–Crippen LogP) is 2.28. The number of thioether (sulfide) groups is 1. The maximum absolute atomic E-state index is 4.28. The van der Waals surface area contributed by atoms with Crippen LogP contribution in [0.1, 0.15) is 24.8 Å². The molecular weight excluding hydrogens is 242 g/mol. The highest BCUT2D eigenvalue weighted by atomic mass is 32.2. The van der Waals surface area contributed by atoms with Crippen LogP contribution in [-0.2, 0) is 6.54 Å². The van der Waals surface area contributed by atoms with Crippen molar-refractivity contribution in [2.24, 2.45) is 0 Å². The van der Waals surface area contributed by atoms with E-state index in [4.69, 9.17) is 0 Å². The zero-order valence-corrected chi connectivity index (χ0v) is 11.7. The normalized spacial score (nSPS) is 23.3. The summed E-state index contributed by atoms with van der Waals surface area (Å²) in [6.07, 6.45) is 7.91. The minimum absolute atomic E-state index is 0.692. The second-order valence-electron chi connectivity index (χ2n) is 5.29. The molecule has 0 spiro atoms. The van der Waals surface area contributed by atoms with E-state index in [0.29, 0.717) is 6.04 Å². The molecule has 18 heavy (non-hydrogen) atoms. The van der Waals surface area contributed by atoms with Gasteiger partial charge in [0.2, 0.25) is 0 Å². The van der Waals surface area contributed by atoms with Gasteiger partial charge in [-0.3, -0.25) is 4.98 Å². The topological polar surface area (TPSA) is 28.2 Å². The van der Waals surface area contributed by atoms with Crippen molar-refractivity contribution < 1.29 is 0 Å². The maximum atomic E-state index is 4.28. The van der Waals surface area contributed by atoms with Crippen molar-refractivity contribution in [2.75, 3.05) is 23.5 Å². The Morgan fingerprint density at radius 1 is 1.44 bits per heavy atom. The molecule has 0 aromatic carbocycles. The summed E-state index contributed by atoms with van der Waals surface area (Å²) in [6, 6.07) is 3.61. The fourth-order valence-corrected chi connectivity index (χ4v) is 3.73. The van der Waals surface area contributed by atoms with Crippen LogP contribution < -0.4 is 10.2 Å². The minimum Gasteiger partial charge on any atom is -0.370 e. The molecule has 3 rings (SSSR count). The highest BCUT2D eigenvalue weighted by Crippen LogP contribution is 2.28. The predicted molar refractivity (Wildman–Crippen MR) is 78.2 cm³/mol. The van der Waals surface area contributed by atoms with Crippen LogP contribution in [0.15, 0.2) is 18.5 Å². The number of hydrogen-bond donors (Lipinski definition) is 1. The summed E-state index contributed by atoms with van der Waals surface area (Å²) < 4.78 is 0. The summed E-state index contributed by atoms with van der Waals surface area (Å²) in [4.78, 5) is 6.73. The summed E-state index contributed by atoms with van der Waals surface area (Å²) in [5.74, 6) is 2.56. The fraction of sp³-hybridized carbons (Fsp3) is 0.643. The van der Waals surface area contributed by atoms with Gasteiger partial charge in [-0.2, -0.15) is 11.8 Å². The largest absolute Gasteiger partial charge is 0.370 e. The van der Waals surface area contributed by atoms with Crippen molar-refractivity contribution in [2.45, 2.75) is 37.9 Å². The lowest BCUT2D eigenvalue weighted by molar-refractivity contribution is 0.667. The fourth-order valence-electron chi connectivity index (χ4n) is 2.47. The van der Waals surface area contributed by atoms with Gasteiger partial charge in [0.1, 0.15) is 0 Å². The lowest BCUT2D eigenvalue weighted by atomic mass is 10.1. The average molecular weight is 263 g/mol. The number of nitrogens with zero attached hydrogens (tertiary/aromatic N) is 2. The van der Waals surface area contributed by atoms with E-state index in [-0.39, 0.29) is 0 Å². The second kappa shape index (κ2) is 5.49. The Morgan fingerprint density at radius 2 is 2.33 bits per heavy atom. The third-order valence-corrected chi connectivity index (χ3v) is 5.01. The number of pyridine rings is 1. The Balaban J connectivity index is 1.71. The molecule has 0 radical (unpaired) electrons. The lowest BCUT2D eigenvalue weighted by Gasteiger charge is -2.28. The monoisotopic (exact) mass is 263 g/mol. The molecule has 1 aliphatic carbocycles. The zero-order chi connectivity index (χ0) is 12.4. The van der Waals surface area contributed by atoms with Gasteiger partial charge >= 0.3 is 0 Å². The standard InChI is InChI=1S/C14H21N3S/c1-17(13-5-7-18-10-13)14-4-6-15-8-11(14)9-16-12-2-3-12/h4,6,8,12-13,16H,2-3,5,7,9-10H2,1H3. The highest BCUT2D eigenvalue weighted by molar-refractivity contribution is 7.99. The Kier molecular flexibility index (Phi) is 3.75. The zero-order valence-electron chi connectivity index (χ0n) is 10.9. The molecule has 1 unspecified atom stereocenters. The van der Waals surface area contributed by atoms with Crippen LogP contribution >= 0.6 is 11.8 Å². The molecule has 1 aromatic rings. The van der Waals surface area contributed by atoms with E-state index < -0.39 is 0 Å². The van der Waals surface area contributed by atoms with Crippen molar-refractivity contribution in [1.82, 2.24) is 10.3 Å².